The van der Waals surface area contributed by atoms with Gasteiger partial charge in [-0.3, -0.25) is 0 Å². The molecule has 4 nitrogen and oxygen atoms in total. The third kappa shape index (κ3) is 2.00. The van der Waals surface area contributed by atoms with E-state index in [2.05, 4.69) is 11.3 Å². The second-order valence-corrected chi connectivity index (χ2v) is 3.39. The molecule has 0 amide bonds. The van der Waals surface area contributed by atoms with Crippen LogP contribution in [0.5, 0.6) is 0 Å². The average Bonchev–Trinajstić information content (AvgIpc) is 2.64. The van der Waals surface area contributed by atoms with Gasteiger partial charge in [-0.1, -0.05) is 6.58 Å². The molecule has 0 saturated carbocycles. The first kappa shape index (κ1) is 10.5. The second-order valence-electron chi connectivity index (χ2n) is 2.47. The molecule has 0 radical (unpaired) electrons. The molecule has 0 atom stereocenters. The van der Waals surface area contributed by atoms with Gasteiger partial charge in [0.25, 0.3) is 0 Å². The monoisotopic (exact) mass is 212 g/mol. The van der Waals surface area contributed by atoms with Crippen molar-refractivity contribution in [1.82, 2.24) is 0 Å². The summed E-state index contributed by atoms with van der Waals surface area (Å²) >= 11 is 1.15. The van der Waals surface area contributed by atoms with E-state index in [0.717, 1.165) is 11.3 Å². The molecule has 0 aliphatic heterocycles. The van der Waals surface area contributed by atoms with Crippen LogP contribution in [-0.4, -0.2) is 24.2 Å². The highest BCUT2D eigenvalue weighted by molar-refractivity contribution is 7.11. The van der Waals surface area contributed by atoms with E-state index in [1.165, 1.54) is 18.6 Å². The molecular formula is C9H8O4S. The molecule has 1 aromatic rings. The molecule has 0 bridgehead atoms. The zero-order chi connectivity index (χ0) is 10.7. The van der Waals surface area contributed by atoms with Crippen LogP contribution in [0.25, 0.3) is 5.57 Å². The van der Waals surface area contributed by atoms with Gasteiger partial charge in [0, 0.05) is 10.3 Å². The van der Waals surface area contributed by atoms with E-state index in [9.17, 15) is 9.59 Å². The Morgan fingerprint density at radius 2 is 2.21 bits per heavy atom. The maximum absolute atomic E-state index is 11.0. The maximum atomic E-state index is 11.0. The Morgan fingerprint density at radius 1 is 1.57 bits per heavy atom. The summed E-state index contributed by atoms with van der Waals surface area (Å²) in [5, 5.41) is 10.2. The van der Waals surface area contributed by atoms with Crippen LogP contribution in [0, 0.1) is 0 Å². The zero-order valence-electron chi connectivity index (χ0n) is 7.44. The first-order chi connectivity index (χ1) is 6.56. The molecule has 1 rings (SSSR count). The van der Waals surface area contributed by atoms with Gasteiger partial charge in [0.05, 0.1) is 18.2 Å². The lowest BCUT2D eigenvalue weighted by atomic mass is 10.2. The lowest BCUT2D eigenvalue weighted by Gasteiger charge is -1.94. The van der Waals surface area contributed by atoms with E-state index in [0.29, 0.717) is 10.4 Å². The number of methoxy groups -OCH3 is 1. The Balaban J connectivity index is 2.94. The summed E-state index contributed by atoms with van der Waals surface area (Å²) in [7, 11) is 1.27. The van der Waals surface area contributed by atoms with Crippen molar-refractivity contribution in [2.75, 3.05) is 7.11 Å². The van der Waals surface area contributed by atoms with Crippen LogP contribution in [0.4, 0.5) is 0 Å². The Morgan fingerprint density at radius 3 is 2.71 bits per heavy atom. The molecule has 0 aliphatic rings. The number of carboxylic acids is 1. The highest BCUT2D eigenvalue weighted by Crippen LogP contribution is 2.22. The first-order valence-electron chi connectivity index (χ1n) is 3.65. The SMILES string of the molecule is C=C(C(=O)O)c1cc(C(=O)OC)cs1. The molecule has 14 heavy (non-hydrogen) atoms. The summed E-state index contributed by atoms with van der Waals surface area (Å²) < 4.78 is 4.48. The van der Waals surface area contributed by atoms with E-state index in [-0.39, 0.29) is 5.57 Å². The van der Waals surface area contributed by atoms with Gasteiger partial charge in [0.15, 0.2) is 0 Å². The number of carbonyl (C=O) groups is 2. The van der Waals surface area contributed by atoms with E-state index < -0.39 is 11.9 Å². The quantitative estimate of drug-likeness (QED) is 0.611. The van der Waals surface area contributed by atoms with E-state index in [1.54, 1.807) is 0 Å². The smallest absolute Gasteiger partial charge is 0.338 e. The number of aliphatic carboxylic acids is 1. The minimum absolute atomic E-state index is 0.0230. The largest absolute Gasteiger partial charge is 0.478 e. The van der Waals surface area contributed by atoms with Crippen LogP contribution in [0.15, 0.2) is 18.0 Å². The Hall–Kier alpha value is -1.62. The normalized spacial score (nSPS) is 9.50. The van der Waals surface area contributed by atoms with Crippen molar-refractivity contribution < 1.29 is 19.4 Å². The maximum Gasteiger partial charge on any atom is 0.338 e. The predicted molar refractivity (Wildman–Crippen MR) is 52.3 cm³/mol. The van der Waals surface area contributed by atoms with Crippen LogP contribution in [0.1, 0.15) is 15.2 Å². The summed E-state index contributed by atoms with van der Waals surface area (Å²) in [5.74, 6) is -1.58. The highest BCUT2D eigenvalue weighted by Gasteiger charge is 2.13. The summed E-state index contributed by atoms with van der Waals surface area (Å²) in [4.78, 5) is 22.0. The molecule has 1 heterocycles. The highest BCUT2D eigenvalue weighted by atomic mass is 32.1. The number of rotatable bonds is 3. The van der Waals surface area contributed by atoms with Crippen LogP contribution in [-0.2, 0) is 9.53 Å². The van der Waals surface area contributed by atoms with Gasteiger partial charge in [0.2, 0.25) is 0 Å². The van der Waals surface area contributed by atoms with Gasteiger partial charge in [-0.25, -0.2) is 9.59 Å². The number of hydrogen-bond acceptors (Lipinski definition) is 4. The summed E-state index contributed by atoms with van der Waals surface area (Å²) in [5.41, 5.74) is 0.319. The van der Waals surface area contributed by atoms with Crippen LogP contribution in [0.3, 0.4) is 0 Å². The van der Waals surface area contributed by atoms with Crippen molar-refractivity contribution in [2.24, 2.45) is 0 Å². The van der Waals surface area contributed by atoms with E-state index >= 15 is 0 Å². The van der Waals surface area contributed by atoms with Gasteiger partial charge in [-0.15, -0.1) is 11.3 Å². The summed E-state index contributed by atoms with van der Waals surface area (Å²) in [6, 6.07) is 1.45. The van der Waals surface area contributed by atoms with Crippen LogP contribution in [0.2, 0.25) is 0 Å². The fourth-order valence-electron chi connectivity index (χ4n) is 0.825. The van der Waals surface area contributed by atoms with Crippen LogP contribution >= 0.6 is 11.3 Å². The third-order valence-electron chi connectivity index (χ3n) is 1.58. The van der Waals surface area contributed by atoms with Gasteiger partial charge in [-0.2, -0.15) is 0 Å². The Labute approximate surface area is 84.4 Å². The van der Waals surface area contributed by atoms with Gasteiger partial charge >= 0.3 is 11.9 Å². The summed E-state index contributed by atoms with van der Waals surface area (Å²) in [6.07, 6.45) is 0. The molecular weight excluding hydrogens is 204 g/mol. The number of carbonyl (C=O) groups excluding carboxylic acids is 1. The van der Waals surface area contributed by atoms with E-state index in [1.807, 2.05) is 0 Å². The summed E-state index contributed by atoms with van der Waals surface area (Å²) in [6.45, 7) is 3.38. The molecule has 1 aromatic heterocycles. The Bertz CT molecular complexity index is 391. The molecule has 74 valence electrons. The molecule has 0 spiro atoms. The number of thiophene rings is 1. The number of hydrogen-bond donors (Lipinski definition) is 1. The number of ether oxygens (including phenoxy) is 1. The fraction of sp³-hybridized carbons (Fsp3) is 0.111. The third-order valence-corrected chi connectivity index (χ3v) is 2.57. The van der Waals surface area contributed by atoms with Crippen LogP contribution < -0.4 is 0 Å². The van der Waals surface area contributed by atoms with E-state index in [4.69, 9.17) is 5.11 Å². The number of esters is 1. The number of carboxylic acid groups (broad SMARTS) is 1. The van der Waals surface area contributed by atoms with Gasteiger partial charge < -0.3 is 9.84 Å². The average molecular weight is 212 g/mol. The fourth-order valence-corrected chi connectivity index (χ4v) is 1.67. The van der Waals surface area contributed by atoms with Crippen molar-refractivity contribution in [3.63, 3.8) is 0 Å². The molecule has 0 saturated heterocycles. The first-order valence-corrected chi connectivity index (χ1v) is 4.53. The minimum atomic E-state index is -1.09. The van der Waals surface area contributed by atoms with Crippen molar-refractivity contribution in [3.05, 3.63) is 28.5 Å². The molecule has 0 fully saturated rings. The van der Waals surface area contributed by atoms with Crippen molar-refractivity contribution >= 4 is 28.8 Å². The molecule has 0 unspecified atom stereocenters. The zero-order valence-corrected chi connectivity index (χ0v) is 8.26. The Kier molecular flexibility index (Phi) is 3.03. The molecule has 5 heteroatoms. The van der Waals surface area contributed by atoms with Gasteiger partial charge in [-0.05, 0) is 6.07 Å². The molecule has 0 aromatic carbocycles. The standard InChI is InChI=1S/C9H8O4S/c1-5(8(10)11)7-3-6(4-14-7)9(12)13-2/h3-4H,1H2,2H3,(H,10,11). The van der Waals surface area contributed by atoms with Crippen molar-refractivity contribution in [2.45, 2.75) is 0 Å². The van der Waals surface area contributed by atoms with Gasteiger partial charge in [0.1, 0.15) is 0 Å². The second kappa shape index (κ2) is 4.06. The predicted octanol–water partition coefficient (Wildman–Crippen LogP) is 1.63. The minimum Gasteiger partial charge on any atom is -0.478 e. The van der Waals surface area contributed by atoms with Crippen molar-refractivity contribution in [1.29, 1.82) is 0 Å². The molecule has 0 aliphatic carbocycles. The lowest BCUT2D eigenvalue weighted by Crippen LogP contribution is -1.99. The topological polar surface area (TPSA) is 63.6 Å². The molecule has 1 N–H and O–H groups in total. The van der Waals surface area contributed by atoms with Crippen molar-refractivity contribution in [3.8, 4) is 0 Å². The lowest BCUT2D eigenvalue weighted by molar-refractivity contribution is -0.130.